The van der Waals surface area contributed by atoms with Gasteiger partial charge < -0.3 is 10.4 Å². The van der Waals surface area contributed by atoms with Crippen LogP contribution in [0, 0.1) is 12.7 Å². The monoisotopic (exact) mass is 294 g/mol. The lowest BCUT2D eigenvalue weighted by atomic mass is 10.1. The number of thiazole rings is 1. The summed E-state index contributed by atoms with van der Waals surface area (Å²) in [5.41, 5.74) is 0.667. The number of aromatic carboxylic acids is 1. The van der Waals surface area contributed by atoms with Crippen molar-refractivity contribution in [2.24, 2.45) is 0 Å². The Morgan fingerprint density at radius 1 is 1.45 bits per heavy atom. The van der Waals surface area contributed by atoms with E-state index in [4.69, 9.17) is 5.11 Å². The third kappa shape index (κ3) is 3.18. The predicted molar refractivity (Wildman–Crippen MR) is 71.4 cm³/mol. The molecule has 0 saturated heterocycles. The van der Waals surface area contributed by atoms with Crippen LogP contribution in [0.5, 0.6) is 0 Å². The van der Waals surface area contributed by atoms with Gasteiger partial charge in [-0.1, -0.05) is 11.6 Å². The molecule has 104 valence electrons. The highest BCUT2D eigenvalue weighted by molar-refractivity contribution is 7.09. The summed E-state index contributed by atoms with van der Waals surface area (Å²) in [5, 5.41) is 13.1. The molecule has 2 aromatic rings. The number of nitrogens with zero attached hydrogens (tertiary/aromatic N) is 1. The first-order valence-electron chi connectivity index (χ1n) is 5.69. The van der Waals surface area contributed by atoms with Crippen molar-refractivity contribution in [1.82, 2.24) is 10.3 Å². The van der Waals surface area contributed by atoms with Crippen LogP contribution in [0.25, 0.3) is 0 Å². The molecule has 0 unspecified atom stereocenters. The van der Waals surface area contributed by atoms with E-state index in [9.17, 15) is 14.0 Å². The Balaban J connectivity index is 2.04. The number of rotatable bonds is 4. The number of nitrogens with one attached hydrogen (secondary N) is 1. The quantitative estimate of drug-likeness (QED) is 0.906. The number of halogens is 1. The molecule has 0 spiro atoms. The van der Waals surface area contributed by atoms with E-state index < -0.39 is 17.7 Å². The van der Waals surface area contributed by atoms with Crippen molar-refractivity contribution in [1.29, 1.82) is 0 Å². The zero-order chi connectivity index (χ0) is 14.7. The molecule has 0 bridgehead atoms. The zero-order valence-electron chi connectivity index (χ0n) is 10.5. The summed E-state index contributed by atoms with van der Waals surface area (Å²) in [6.45, 7) is 1.82. The van der Waals surface area contributed by atoms with Crippen molar-refractivity contribution in [3.05, 3.63) is 51.2 Å². The van der Waals surface area contributed by atoms with Crippen LogP contribution in [0.15, 0.2) is 23.6 Å². The topological polar surface area (TPSA) is 79.3 Å². The van der Waals surface area contributed by atoms with Crippen molar-refractivity contribution in [3.8, 4) is 0 Å². The Morgan fingerprint density at radius 3 is 2.85 bits per heavy atom. The lowest BCUT2D eigenvalue weighted by Gasteiger charge is -2.05. The van der Waals surface area contributed by atoms with Gasteiger partial charge in [0.1, 0.15) is 10.8 Å². The normalized spacial score (nSPS) is 10.3. The molecule has 1 aromatic heterocycles. The summed E-state index contributed by atoms with van der Waals surface area (Å²) in [6, 6.07) is 4.26. The first-order valence-corrected chi connectivity index (χ1v) is 6.57. The number of amides is 1. The smallest absolute Gasteiger partial charge is 0.355 e. The summed E-state index contributed by atoms with van der Waals surface area (Å²) in [6.07, 6.45) is 0. The van der Waals surface area contributed by atoms with Crippen LogP contribution in [0.3, 0.4) is 0 Å². The summed E-state index contributed by atoms with van der Waals surface area (Å²) in [5.74, 6) is -2.28. The summed E-state index contributed by atoms with van der Waals surface area (Å²) in [4.78, 5) is 26.3. The van der Waals surface area contributed by atoms with Gasteiger partial charge in [-0.3, -0.25) is 4.79 Å². The lowest BCUT2D eigenvalue weighted by molar-refractivity contribution is 0.0691. The minimum Gasteiger partial charge on any atom is -0.476 e. The number of hydrogen-bond donors (Lipinski definition) is 2. The van der Waals surface area contributed by atoms with E-state index in [1.807, 2.05) is 0 Å². The van der Waals surface area contributed by atoms with Crippen molar-refractivity contribution >= 4 is 23.2 Å². The van der Waals surface area contributed by atoms with E-state index in [1.165, 1.54) is 17.5 Å². The minimum atomic E-state index is -1.12. The average molecular weight is 294 g/mol. The van der Waals surface area contributed by atoms with Crippen molar-refractivity contribution < 1.29 is 19.1 Å². The average Bonchev–Trinajstić information content (AvgIpc) is 2.88. The minimum absolute atomic E-state index is 0.0417. The molecule has 7 heteroatoms. The van der Waals surface area contributed by atoms with Crippen LogP contribution in [0.2, 0.25) is 0 Å². The fraction of sp³-hybridized carbons (Fsp3) is 0.154. The number of aromatic nitrogens is 1. The molecule has 0 fully saturated rings. The number of carboxylic acids is 1. The van der Waals surface area contributed by atoms with E-state index >= 15 is 0 Å². The van der Waals surface area contributed by atoms with Crippen molar-refractivity contribution in [2.75, 3.05) is 0 Å². The molecule has 0 atom stereocenters. The maximum atomic E-state index is 13.5. The van der Waals surface area contributed by atoms with Gasteiger partial charge in [-0.25, -0.2) is 14.2 Å². The molecule has 20 heavy (non-hydrogen) atoms. The van der Waals surface area contributed by atoms with Gasteiger partial charge in [-0.15, -0.1) is 11.3 Å². The molecular formula is C13H11FN2O3S. The Kier molecular flexibility index (Phi) is 4.09. The summed E-state index contributed by atoms with van der Waals surface area (Å²) >= 11 is 1.12. The number of benzene rings is 1. The highest BCUT2D eigenvalue weighted by atomic mass is 32.1. The van der Waals surface area contributed by atoms with E-state index in [1.54, 1.807) is 13.0 Å². The molecule has 0 aliphatic heterocycles. The number of carbonyl (C=O) groups is 2. The molecule has 1 heterocycles. The standard InChI is InChI=1S/C13H11FN2O3S/c1-7-2-3-9(14)8(4-7)12(17)15-5-11-16-10(6-20-11)13(18)19/h2-4,6H,5H2,1H3,(H,15,17)(H,18,19). The number of carbonyl (C=O) groups excluding carboxylic acids is 1. The Hall–Kier alpha value is -2.28. The molecule has 0 aliphatic rings. The van der Waals surface area contributed by atoms with Crippen molar-refractivity contribution in [3.63, 3.8) is 0 Å². The molecule has 5 nitrogen and oxygen atoms in total. The van der Waals surface area contributed by atoms with Gasteiger partial charge in [0.2, 0.25) is 0 Å². The second-order valence-corrected chi connectivity index (χ2v) is 5.04. The van der Waals surface area contributed by atoms with Crippen LogP contribution in [0.1, 0.15) is 31.4 Å². The van der Waals surface area contributed by atoms with Crippen LogP contribution < -0.4 is 5.32 Å². The zero-order valence-corrected chi connectivity index (χ0v) is 11.3. The molecule has 0 radical (unpaired) electrons. The molecular weight excluding hydrogens is 283 g/mol. The van der Waals surface area contributed by atoms with Gasteiger partial charge >= 0.3 is 5.97 Å². The molecule has 0 aliphatic carbocycles. The van der Waals surface area contributed by atoms with Crippen LogP contribution in [-0.2, 0) is 6.54 Å². The Labute approximate surface area is 118 Å². The highest BCUT2D eigenvalue weighted by Crippen LogP contribution is 2.12. The number of carboxylic acid groups (broad SMARTS) is 1. The van der Waals surface area contributed by atoms with Crippen LogP contribution in [0.4, 0.5) is 4.39 Å². The van der Waals surface area contributed by atoms with Gasteiger partial charge in [0, 0.05) is 5.38 Å². The van der Waals surface area contributed by atoms with Gasteiger partial charge in [-0.2, -0.15) is 0 Å². The van der Waals surface area contributed by atoms with Gasteiger partial charge in [0.25, 0.3) is 5.91 Å². The summed E-state index contributed by atoms with van der Waals surface area (Å²) in [7, 11) is 0. The highest BCUT2D eigenvalue weighted by Gasteiger charge is 2.13. The summed E-state index contributed by atoms with van der Waals surface area (Å²) < 4.78 is 13.5. The third-order valence-corrected chi connectivity index (χ3v) is 3.39. The van der Waals surface area contributed by atoms with Crippen molar-refractivity contribution in [2.45, 2.75) is 13.5 Å². The molecule has 1 amide bonds. The third-order valence-electron chi connectivity index (χ3n) is 2.54. The molecule has 0 saturated carbocycles. The predicted octanol–water partition coefficient (Wildman–Crippen LogP) is 2.22. The number of hydrogen-bond acceptors (Lipinski definition) is 4. The fourth-order valence-corrected chi connectivity index (χ4v) is 2.26. The molecule has 2 N–H and O–H groups in total. The first kappa shape index (κ1) is 14.1. The fourth-order valence-electron chi connectivity index (χ4n) is 1.55. The van der Waals surface area contributed by atoms with Crippen LogP contribution >= 0.6 is 11.3 Å². The van der Waals surface area contributed by atoms with E-state index in [-0.39, 0.29) is 17.8 Å². The first-order chi connectivity index (χ1) is 9.47. The van der Waals surface area contributed by atoms with Crippen LogP contribution in [-0.4, -0.2) is 22.0 Å². The van der Waals surface area contributed by atoms with Gasteiger partial charge in [-0.05, 0) is 19.1 Å². The second-order valence-electron chi connectivity index (χ2n) is 4.10. The van der Waals surface area contributed by atoms with E-state index in [0.717, 1.165) is 16.9 Å². The lowest BCUT2D eigenvalue weighted by Crippen LogP contribution is -2.24. The number of aryl methyl sites for hydroxylation is 1. The Bertz CT molecular complexity index is 669. The Morgan fingerprint density at radius 2 is 2.20 bits per heavy atom. The maximum absolute atomic E-state index is 13.5. The van der Waals surface area contributed by atoms with Gasteiger partial charge in [0.05, 0.1) is 12.1 Å². The van der Waals surface area contributed by atoms with Gasteiger partial charge in [0.15, 0.2) is 5.69 Å². The largest absolute Gasteiger partial charge is 0.476 e. The molecule has 1 aromatic carbocycles. The maximum Gasteiger partial charge on any atom is 0.355 e. The second kappa shape index (κ2) is 5.79. The van der Waals surface area contributed by atoms with E-state index in [2.05, 4.69) is 10.3 Å². The van der Waals surface area contributed by atoms with E-state index in [0.29, 0.717) is 5.01 Å². The molecule has 2 rings (SSSR count). The SMILES string of the molecule is Cc1ccc(F)c(C(=O)NCc2nc(C(=O)O)cs2)c1.